The van der Waals surface area contributed by atoms with Gasteiger partial charge >= 0.3 is 5.97 Å². The molecule has 0 saturated heterocycles. The summed E-state index contributed by atoms with van der Waals surface area (Å²) in [6.45, 7) is 6.05. The molecule has 0 radical (unpaired) electrons. The third-order valence-electron chi connectivity index (χ3n) is 3.01. The maximum atomic E-state index is 11.8. The van der Waals surface area contributed by atoms with Crippen LogP contribution in [0.4, 0.5) is 0 Å². The van der Waals surface area contributed by atoms with E-state index in [-0.39, 0.29) is 18.7 Å². The topological polar surface area (TPSA) is 66.4 Å². The number of carbonyl (C=O) groups excluding carboxylic acids is 1. The van der Waals surface area contributed by atoms with Gasteiger partial charge in [-0.1, -0.05) is 38.1 Å². The number of nitrogens with one attached hydrogen (secondary N) is 1. The van der Waals surface area contributed by atoms with Gasteiger partial charge in [0.2, 0.25) is 5.91 Å². The fourth-order valence-corrected chi connectivity index (χ4v) is 1.97. The first kappa shape index (κ1) is 15.2. The van der Waals surface area contributed by atoms with Gasteiger partial charge in [-0.25, -0.2) is 0 Å². The highest BCUT2D eigenvalue weighted by Gasteiger charge is 2.25. The van der Waals surface area contributed by atoms with Gasteiger partial charge in [0.25, 0.3) is 0 Å². The first-order valence-corrected chi connectivity index (χ1v) is 6.33. The van der Waals surface area contributed by atoms with Crippen LogP contribution in [0, 0.1) is 12.3 Å². The lowest BCUT2D eigenvalue weighted by Gasteiger charge is -2.21. The molecular weight excluding hydrogens is 242 g/mol. The minimum atomic E-state index is -0.878. The number of carboxylic acids is 1. The molecule has 0 fully saturated rings. The molecule has 1 aromatic rings. The molecule has 4 heteroatoms. The van der Waals surface area contributed by atoms with Gasteiger partial charge in [-0.05, 0) is 23.5 Å². The Morgan fingerprint density at radius 1 is 1.21 bits per heavy atom. The van der Waals surface area contributed by atoms with Crippen LogP contribution in [0.3, 0.4) is 0 Å². The van der Waals surface area contributed by atoms with Crippen molar-refractivity contribution in [3.05, 3.63) is 35.4 Å². The second kappa shape index (κ2) is 6.36. The van der Waals surface area contributed by atoms with Gasteiger partial charge in [0, 0.05) is 13.0 Å². The van der Waals surface area contributed by atoms with Crippen LogP contribution in [0.15, 0.2) is 24.3 Å². The van der Waals surface area contributed by atoms with Crippen molar-refractivity contribution in [3.8, 4) is 0 Å². The van der Waals surface area contributed by atoms with Crippen LogP contribution in [0.2, 0.25) is 0 Å². The van der Waals surface area contributed by atoms with E-state index < -0.39 is 11.4 Å². The molecule has 0 atom stereocenters. The molecule has 0 saturated carbocycles. The number of hydrogen-bond acceptors (Lipinski definition) is 2. The van der Waals surface area contributed by atoms with Crippen molar-refractivity contribution in [2.24, 2.45) is 5.41 Å². The number of carboxylic acid groups (broad SMARTS) is 1. The van der Waals surface area contributed by atoms with Crippen molar-refractivity contribution in [2.75, 3.05) is 0 Å². The van der Waals surface area contributed by atoms with Crippen LogP contribution in [-0.4, -0.2) is 17.0 Å². The van der Waals surface area contributed by atoms with Crippen LogP contribution in [0.5, 0.6) is 0 Å². The molecule has 2 N–H and O–H groups in total. The predicted octanol–water partition coefficient (Wildman–Crippen LogP) is 2.50. The van der Waals surface area contributed by atoms with E-state index in [4.69, 9.17) is 5.11 Å². The molecule has 104 valence electrons. The van der Waals surface area contributed by atoms with Crippen LogP contribution in [-0.2, 0) is 16.1 Å². The monoisotopic (exact) mass is 263 g/mol. The molecule has 0 aliphatic rings. The van der Waals surface area contributed by atoms with Crippen molar-refractivity contribution in [1.29, 1.82) is 0 Å². The fourth-order valence-electron chi connectivity index (χ4n) is 1.97. The molecule has 0 aliphatic carbocycles. The Balaban J connectivity index is 2.48. The summed E-state index contributed by atoms with van der Waals surface area (Å²) < 4.78 is 0. The largest absolute Gasteiger partial charge is 0.481 e. The summed E-state index contributed by atoms with van der Waals surface area (Å²) in [5, 5.41) is 11.6. The van der Waals surface area contributed by atoms with Crippen molar-refractivity contribution < 1.29 is 14.7 Å². The Morgan fingerprint density at radius 3 is 2.42 bits per heavy atom. The number of amides is 1. The number of aryl methyl sites for hydroxylation is 1. The normalized spacial score (nSPS) is 11.1. The van der Waals surface area contributed by atoms with Gasteiger partial charge in [-0.2, -0.15) is 0 Å². The lowest BCUT2D eigenvalue weighted by molar-refractivity contribution is -0.139. The summed E-state index contributed by atoms with van der Waals surface area (Å²) in [7, 11) is 0. The highest BCUT2D eigenvalue weighted by Crippen LogP contribution is 2.24. The summed E-state index contributed by atoms with van der Waals surface area (Å²) in [6.07, 6.45) is 0.204. The SMILES string of the molecule is Cc1ccccc1CNC(=O)CC(C)(C)CC(=O)O. The van der Waals surface area contributed by atoms with E-state index in [2.05, 4.69) is 5.32 Å². The standard InChI is InChI=1S/C15H21NO3/c1-11-6-4-5-7-12(11)10-16-13(17)8-15(2,3)9-14(18)19/h4-7H,8-10H2,1-3H3,(H,16,17)(H,18,19). The third-order valence-corrected chi connectivity index (χ3v) is 3.01. The van der Waals surface area contributed by atoms with Crippen LogP contribution >= 0.6 is 0 Å². The molecule has 0 heterocycles. The van der Waals surface area contributed by atoms with Crippen molar-refractivity contribution in [2.45, 2.75) is 40.2 Å². The molecule has 4 nitrogen and oxygen atoms in total. The number of carbonyl (C=O) groups is 2. The average Bonchev–Trinajstić information content (AvgIpc) is 2.25. The average molecular weight is 263 g/mol. The van der Waals surface area contributed by atoms with Crippen molar-refractivity contribution in [3.63, 3.8) is 0 Å². The molecule has 1 aromatic carbocycles. The van der Waals surface area contributed by atoms with E-state index in [1.54, 1.807) is 13.8 Å². The van der Waals surface area contributed by atoms with E-state index >= 15 is 0 Å². The van der Waals surface area contributed by atoms with Crippen LogP contribution in [0.25, 0.3) is 0 Å². The Hall–Kier alpha value is -1.84. The summed E-state index contributed by atoms with van der Waals surface area (Å²) >= 11 is 0. The number of rotatable bonds is 6. The Morgan fingerprint density at radius 2 is 1.84 bits per heavy atom. The Bertz CT molecular complexity index is 466. The zero-order valence-corrected chi connectivity index (χ0v) is 11.7. The lowest BCUT2D eigenvalue weighted by Crippen LogP contribution is -2.30. The van der Waals surface area contributed by atoms with E-state index in [1.165, 1.54) is 0 Å². The van der Waals surface area contributed by atoms with Gasteiger partial charge in [0.05, 0.1) is 6.42 Å². The zero-order valence-electron chi connectivity index (χ0n) is 11.7. The summed E-state index contributed by atoms with van der Waals surface area (Å²) in [4.78, 5) is 22.5. The molecular formula is C15H21NO3. The molecule has 1 amide bonds. The Labute approximate surface area is 113 Å². The molecule has 0 bridgehead atoms. The number of aliphatic carboxylic acids is 1. The van der Waals surface area contributed by atoms with Gasteiger partial charge < -0.3 is 10.4 Å². The summed E-state index contributed by atoms with van der Waals surface area (Å²) in [5.41, 5.74) is 1.68. The van der Waals surface area contributed by atoms with E-state index in [9.17, 15) is 9.59 Å². The van der Waals surface area contributed by atoms with Gasteiger partial charge in [0.1, 0.15) is 0 Å². The molecule has 0 aliphatic heterocycles. The second-order valence-electron chi connectivity index (χ2n) is 5.61. The second-order valence-corrected chi connectivity index (χ2v) is 5.61. The highest BCUT2D eigenvalue weighted by molar-refractivity contribution is 5.77. The van der Waals surface area contributed by atoms with E-state index in [1.807, 2.05) is 31.2 Å². The minimum Gasteiger partial charge on any atom is -0.481 e. The van der Waals surface area contributed by atoms with Crippen LogP contribution in [0.1, 0.15) is 37.8 Å². The lowest BCUT2D eigenvalue weighted by atomic mass is 9.85. The molecule has 0 spiro atoms. The third kappa shape index (κ3) is 5.55. The zero-order chi connectivity index (χ0) is 14.5. The first-order valence-electron chi connectivity index (χ1n) is 6.33. The number of hydrogen-bond donors (Lipinski definition) is 2. The predicted molar refractivity (Wildman–Crippen MR) is 73.7 cm³/mol. The quantitative estimate of drug-likeness (QED) is 0.828. The van der Waals surface area contributed by atoms with Crippen LogP contribution < -0.4 is 5.32 Å². The fraction of sp³-hybridized carbons (Fsp3) is 0.467. The summed E-state index contributed by atoms with van der Waals surface area (Å²) in [5.74, 6) is -0.994. The van der Waals surface area contributed by atoms with Gasteiger partial charge in [-0.3, -0.25) is 9.59 Å². The maximum absolute atomic E-state index is 11.8. The molecule has 19 heavy (non-hydrogen) atoms. The first-order chi connectivity index (χ1) is 8.80. The highest BCUT2D eigenvalue weighted by atomic mass is 16.4. The molecule has 1 rings (SSSR count). The van der Waals surface area contributed by atoms with Gasteiger partial charge in [0.15, 0.2) is 0 Å². The van der Waals surface area contributed by atoms with E-state index in [0.717, 1.165) is 11.1 Å². The van der Waals surface area contributed by atoms with Gasteiger partial charge in [-0.15, -0.1) is 0 Å². The minimum absolute atomic E-state index is 0.00914. The Kier molecular flexibility index (Phi) is 5.10. The number of benzene rings is 1. The smallest absolute Gasteiger partial charge is 0.303 e. The molecule has 0 unspecified atom stereocenters. The summed E-state index contributed by atoms with van der Waals surface area (Å²) in [6, 6.07) is 7.85. The molecule has 0 aromatic heterocycles. The van der Waals surface area contributed by atoms with E-state index in [0.29, 0.717) is 6.54 Å². The van der Waals surface area contributed by atoms with Crippen molar-refractivity contribution in [1.82, 2.24) is 5.32 Å². The maximum Gasteiger partial charge on any atom is 0.303 e. The van der Waals surface area contributed by atoms with Crippen molar-refractivity contribution >= 4 is 11.9 Å².